The molecule has 2 N–H and O–H groups in total. The van der Waals surface area contributed by atoms with Crippen LogP contribution in [0.3, 0.4) is 0 Å². The molecule has 112 valence electrons. The molecule has 0 saturated carbocycles. The SMILES string of the molecule is CCCC(=O)Nc1ccc(CNCc2ccc(C)o2)cc1. The van der Waals surface area contributed by atoms with Crippen molar-refractivity contribution in [1.82, 2.24) is 5.32 Å². The summed E-state index contributed by atoms with van der Waals surface area (Å²) in [5.74, 6) is 1.94. The molecule has 1 amide bonds. The van der Waals surface area contributed by atoms with E-state index in [0.717, 1.165) is 30.2 Å². The molecule has 0 atom stereocenters. The molecule has 21 heavy (non-hydrogen) atoms. The van der Waals surface area contributed by atoms with Gasteiger partial charge in [0.1, 0.15) is 11.5 Å². The molecule has 4 nitrogen and oxygen atoms in total. The monoisotopic (exact) mass is 286 g/mol. The third kappa shape index (κ3) is 5.08. The van der Waals surface area contributed by atoms with Gasteiger partial charge in [-0.2, -0.15) is 0 Å². The van der Waals surface area contributed by atoms with Gasteiger partial charge >= 0.3 is 0 Å². The molecule has 1 aromatic heterocycles. The van der Waals surface area contributed by atoms with Crippen LogP contribution in [-0.4, -0.2) is 5.91 Å². The van der Waals surface area contributed by atoms with E-state index in [-0.39, 0.29) is 5.91 Å². The van der Waals surface area contributed by atoms with E-state index in [0.29, 0.717) is 13.0 Å². The average molecular weight is 286 g/mol. The van der Waals surface area contributed by atoms with Crippen LogP contribution in [0.25, 0.3) is 0 Å². The predicted molar refractivity (Wildman–Crippen MR) is 84.0 cm³/mol. The van der Waals surface area contributed by atoms with Crippen molar-refractivity contribution in [1.29, 1.82) is 0 Å². The molecule has 0 saturated heterocycles. The maximum atomic E-state index is 11.5. The number of carbonyl (C=O) groups excluding carboxylic acids is 1. The molecule has 2 rings (SSSR count). The van der Waals surface area contributed by atoms with Gasteiger partial charge in [0.15, 0.2) is 0 Å². The van der Waals surface area contributed by atoms with E-state index in [9.17, 15) is 4.79 Å². The standard InChI is InChI=1S/C17H22N2O2/c1-3-4-17(20)19-15-8-6-14(7-9-15)11-18-12-16-10-5-13(2)21-16/h5-10,18H,3-4,11-12H2,1-2H3,(H,19,20). The van der Waals surface area contributed by atoms with Gasteiger partial charge in [-0.3, -0.25) is 4.79 Å². The molecular weight excluding hydrogens is 264 g/mol. The van der Waals surface area contributed by atoms with Crippen molar-refractivity contribution in [3.05, 3.63) is 53.5 Å². The smallest absolute Gasteiger partial charge is 0.224 e. The summed E-state index contributed by atoms with van der Waals surface area (Å²) in [6.07, 6.45) is 1.42. The predicted octanol–water partition coefficient (Wildman–Crippen LogP) is 3.62. The second kappa shape index (κ2) is 7.64. The largest absolute Gasteiger partial charge is 0.465 e. The number of rotatable bonds is 7. The van der Waals surface area contributed by atoms with E-state index in [1.165, 1.54) is 5.56 Å². The van der Waals surface area contributed by atoms with Gasteiger partial charge in [0.25, 0.3) is 0 Å². The highest BCUT2D eigenvalue weighted by atomic mass is 16.3. The van der Waals surface area contributed by atoms with Crippen LogP contribution < -0.4 is 10.6 Å². The summed E-state index contributed by atoms with van der Waals surface area (Å²) in [6.45, 7) is 5.41. The zero-order valence-corrected chi connectivity index (χ0v) is 12.6. The van der Waals surface area contributed by atoms with Gasteiger partial charge in [-0.1, -0.05) is 19.1 Å². The minimum Gasteiger partial charge on any atom is -0.465 e. The number of hydrogen-bond acceptors (Lipinski definition) is 3. The van der Waals surface area contributed by atoms with Crippen LogP contribution in [0, 0.1) is 6.92 Å². The molecule has 1 aromatic carbocycles. The molecule has 0 aliphatic heterocycles. The molecule has 2 aromatic rings. The molecular formula is C17H22N2O2. The van der Waals surface area contributed by atoms with E-state index in [4.69, 9.17) is 4.42 Å². The second-order valence-corrected chi connectivity index (χ2v) is 5.11. The third-order valence-electron chi connectivity index (χ3n) is 3.14. The average Bonchev–Trinajstić information content (AvgIpc) is 2.87. The number of hydrogen-bond donors (Lipinski definition) is 2. The van der Waals surface area contributed by atoms with Crippen LogP contribution in [0.1, 0.15) is 36.8 Å². The lowest BCUT2D eigenvalue weighted by atomic mass is 10.2. The van der Waals surface area contributed by atoms with E-state index < -0.39 is 0 Å². The van der Waals surface area contributed by atoms with Crippen molar-refractivity contribution in [3.8, 4) is 0 Å². The number of furan rings is 1. The number of benzene rings is 1. The van der Waals surface area contributed by atoms with Crippen LogP contribution in [0.5, 0.6) is 0 Å². The van der Waals surface area contributed by atoms with Gasteiger partial charge in [0, 0.05) is 18.7 Å². The normalized spacial score (nSPS) is 10.6. The van der Waals surface area contributed by atoms with Gasteiger partial charge in [-0.15, -0.1) is 0 Å². The van der Waals surface area contributed by atoms with Crippen molar-refractivity contribution >= 4 is 11.6 Å². The molecule has 0 unspecified atom stereocenters. The Balaban J connectivity index is 1.78. The third-order valence-corrected chi connectivity index (χ3v) is 3.14. The summed E-state index contributed by atoms with van der Waals surface area (Å²) in [7, 11) is 0. The molecule has 4 heteroatoms. The Morgan fingerprint density at radius 1 is 1.10 bits per heavy atom. The van der Waals surface area contributed by atoms with Gasteiger partial charge in [0.2, 0.25) is 5.91 Å². The van der Waals surface area contributed by atoms with E-state index in [2.05, 4.69) is 10.6 Å². The molecule has 0 radical (unpaired) electrons. The first-order valence-corrected chi connectivity index (χ1v) is 7.32. The van der Waals surface area contributed by atoms with Gasteiger partial charge in [0.05, 0.1) is 6.54 Å². The van der Waals surface area contributed by atoms with E-state index in [1.54, 1.807) is 0 Å². The lowest BCUT2D eigenvalue weighted by Crippen LogP contribution is -2.13. The number of carbonyl (C=O) groups is 1. The van der Waals surface area contributed by atoms with Crippen LogP contribution in [0.15, 0.2) is 40.8 Å². The fourth-order valence-corrected chi connectivity index (χ4v) is 2.07. The van der Waals surface area contributed by atoms with Crippen LogP contribution in [0.4, 0.5) is 5.69 Å². The summed E-state index contributed by atoms with van der Waals surface area (Å²) in [5, 5.41) is 6.21. The summed E-state index contributed by atoms with van der Waals surface area (Å²) in [4.78, 5) is 11.5. The van der Waals surface area contributed by atoms with Crippen molar-refractivity contribution in [2.45, 2.75) is 39.8 Å². The highest BCUT2D eigenvalue weighted by molar-refractivity contribution is 5.90. The summed E-state index contributed by atoms with van der Waals surface area (Å²) in [6, 6.07) is 11.8. The summed E-state index contributed by atoms with van der Waals surface area (Å²) >= 11 is 0. The van der Waals surface area contributed by atoms with Crippen molar-refractivity contribution < 1.29 is 9.21 Å². The molecule has 0 aliphatic carbocycles. The minimum absolute atomic E-state index is 0.0663. The Bertz CT molecular complexity index is 573. The highest BCUT2D eigenvalue weighted by Crippen LogP contribution is 2.11. The molecule has 0 bridgehead atoms. The van der Waals surface area contributed by atoms with Crippen molar-refractivity contribution in [2.24, 2.45) is 0 Å². The van der Waals surface area contributed by atoms with Gasteiger partial charge < -0.3 is 15.1 Å². The van der Waals surface area contributed by atoms with Gasteiger partial charge in [-0.05, 0) is 43.2 Å². The van der Waals surface area contributed by atoms with E-state index in [1.807, 2.05) is 50.2 Å². The lowest BCUT2D eigenvalue weighted by Gasteiger charge is -2.07. The lowest BCUT2D eigenvalue weighted by molar-refractivity contribution is -0.116. The summed E-state index contributed by atoms with van der Waals surface area (Å²) < 4.78 is 5.50. The fourth-order valence-electron chi connectivity index (χ4n) is 2.07. The van der Waals surface area contributed by atoms with Crippen molar-refractivity contribution in [3.63, 3.8) is 0 Å². The zero-order chi connectivity index (χ0) is 15.1. The zero-order valence-electron chi connectivity index (χ0n) is 12.6. The molecule has 1 heterocycles. The minimum atomic E-state index is 0.0663. The highest BCUT2D eigenvalue weighted by Gasteiger charge is 2.01. The van der Waals surface area contributed by atoms with Gasteiger partial charge in [-0.25, -0.2) is 0 Å². The second-order valence-electron chi connectivity index (χ2n) is 5.11. The summed E-state index contributed by atoms with van der Waals surface area (Å²) in [5.41, 5.74) is 2.02. The maximum absolute atomic E-state index is 11.5. The van der Waals surface area contributed by atoms with Crippen LogP contribution >= 0.6 is 0 Å². The first-order valence-electron chi connectivity index (χ1n) is 7.32. The quantitative estimate of drug-likeness (QED) is 0.817. The fraction of sp³-hybridized carbons (Fsp3) is 0.353. The topological polar surface area (TPSA) is 54.3 Å². The number of aryl methyl sites for hydroxylation is 1. The Kier molecular flexibility index (Phi) is 5.58. The van der Waals surface area contributed by atoms with Crippen LogP contribution in [0.2, 0.25) is 0 Å². The number of nitrogens with one attached hydrogen (secondary N) is 2. The number of anilines is 1. The molecule has 0 spiro atoms. The Hall–Kier alpha value is -2.07. The Morgan fingerprint density at radius 3 is 2.48 bits per heavy atom. The van der Waals surface area contributed by atoms with E-state index >= 15 is 0 Å². The molecule has 0 fully saturated rings. The first-order chi connectivity index (χ1) is 10.2. The Morgan fingerprint density at radius 2 is 1.86 bits per heavy atom. The molecule has 0 aliphatic rings. The maximum Gasteiger partial charge on any atom is 0.224 e. The Labute approximate surface area is 125 Å². The first kappa shape index (κ1) is 15.3. The van der Waals surface area contributed by atoms with Crippen LogP contribution in [-0.2, 0) is 17.9 Å². The number of amides is 1. The van der Waals surface area contributed by atoms with Crippen molar-refractivity contribution in [2.75, 3.05) is 5.32 Å².